The van der Waals surface area contributed by atoms with Crippen LogP contribution in [0.3, 0.4) is 0 Å². The van der Waals surface area contributed by atoms with Crippen LogP contribution in [0.15, 0.2) is 51.3 Å². The number of esters is 1. The summed E-state index contributed by atoms with van der Waals surface area (Å²) in [4.78, 5) is 25.5. The largest absolute Gasteiger partial charge is 0.456 e. The molecule has 0 saturated heterocycles. The van der Waals surface area contributed by atoms with Crippen molar-refractivity contribution in [2.75, 3.05) is 6.61 Å². The number of ketones is 1. The Bertz CT molecular complexity index is 835. The number of benzene rings is 1. The van der Waals surface area contributed by atoms with Gasteiger partial charge in [0.05, 0.1) is 11.3 Å². The Balaban J connectivity index is 1.92. The molecule has 4 rings (SSSR count). The zero-order chi connectivity index (χ0) is 17.1. The van der Waals surface area contributed by atoms with E-state index in [4.69, 9.17) is 4.74 Å². The highest BCUT2D eigenvalue weighted by Crippen LogP contribution is 2.48. The number of ether oxygens (including phenoxy) is 1. The number of allylic oxidation sites excluding steroid dienone is 2. The molecule has 0 fully saturated rings. The number of Topliss-reactive ketones (excluding diaryl/α,β-unsaturated/α-hetero) is 1. The van der Waals surface area contributed by atoms with Gasteiger partial charge in [-0.25, -0.2) is 4.79 Å². The van der Waals surface area contributed by atoms with Crippen molar-refractivity contribution >= 4 is 27.7 Å². The molecule has 1 aromatic carbocycles. The summed E-state index contributed by atoms with van der Waals surface area (Å²) in [5.41, 5.74) is 3.58. The maximum Gasteiger partial charge on any atom is 0.337 e. The summed E-state index contributed by atoms with van der Waals surface area (Å²) in [6.45, 7) is 4.22. The molecule has 5 heteroatoms. The first-order valence-electron chi connectivity index (χ1n) is 8.09. The van der Waals surface area contributed by atoms with Crippen LogP contribution in [0.1, 0.15) is 38.2 Å². The number of carbonyl (C=O) groups excluding carboxylic acids is 2. The molecule has 1 atom stereocenters. The molecule has 1 N–H and O–H groups in total. The fourth-order valence-corrected chi connectivity index (χ4v) is 4.20. The van der Waals surface area contributed by atoms with Crippen LogP contribution in [0.25, 0.3) is 0 Å². The van der Waals surface area contributed by atoms with Crippen molar-refractivity contribution in [1.29, 1.82) is 0 Å². The highest BCUT2D eigenvalue weighted by atomic mass is 79.9. The number of cyclic esters (lactones) is 1. The topological polar surface area (TPSA) is 55.4 Å². The minimum Gasteiger partial charge on any atom is -0.456 e. The van der Waals surface area contributed by atoms with Gasteiger partial charge in [-0.1, -0.05) is 41.9 Å². The van der Waals surface area contributed by atoms with Gasteiger partial charge in [-0.15, -0.1) is 0 Å². The van der Waals surface area contributed by atoms with Crippen LogP contribution in [-0.4, -0.2) is 18.4 Å². The van der Waals surface area contributed by atoms with Gasteiger partial charge in [0.1, 0.15) is 6.61 Å². The molecule has 2 aliphatic heterocycles. The molecule has 2 heterocycles. The summed E-state index contributed by atoms with van der Waals surface area (Å²) in [7, 11) is 0. The summed E-state index contributed by atoms with van der Waals surface area (Å²) >= 11 is 3.49. The van der Waals surface area contributed by atoms with Gasteiger partial charge in [0.2, 0.25) is 0 Å². The van der Waals surface area contributed by atoms with E-state index >= 15 is 0 Å². The highest BCUT2D eigenvalue weighted by molar-refractivity contribution is 9.10. The lowest BCUT2D eigenvalue weighted by Gasteiger charge is -2.38. The summed E-state index contributed by atoms with van der Waals surface area (Å²) < 4.78 is 6.18. The van der Waals surface area contributed by atoms with Crippen molar-refractivity contribution < 1.29 is 14.3 Å². The first kappa shape index (κ1) is 15.6. The van der Waals surface area contributed by atoms with E-state index in [1.165, 1.54) is 0 Å². The molecule has 1 aromatic rings. The lowest BCUT2D eigenvalue weighted by atomic mass is 9.67. The predicted molar refractivity (Wildman–Crippen MR) is 93.1 cm³/mol. The summed E-state index contributed by atoms with van der Waals surface area (Å²) in [6.07, 6.45) is 1.61. The minimum atomic E-state index is -0.411. The Morgan fingerprint density at radius 3 is 2.75 bits per heavy atom. The normalized spacial score (nSPS) is 25.2. The number of dihydropyridines is 1. The standard InChI is InChI=1S/C19H18BrNO3/c1-19(2)7-6-12-15(17(19)22)14(10-4-3-5-11(20)8-10)16-13(21-12)9-24-18(16)23/h3-5,8,14,21H,6-7,9H2,1-2H3. The average molecular weight is 388 g/mol. The van der Waals surface area contributed by atoms with Crippen LogP contribution in [0.5, 0.6) is 0 Å². The van der Waals surface area contributed by atoms with Gasteiger partial charge >= 0.3 is 5.97 Å². The van der Waals surface area contributed by atoms with Gasteiger partial charge in [0.15, 0.2) is 5.78 Å². The second-order valence-electron chi connectivity index (χ2n) is 7.19. The minimum absolute atomic E-state index is 0.118. The zero-order valence-corrected chi connectivity index (χ0v) is 15.2. The highest BCUT2D eigenvalue weighted by Gasteiger charge is 2.47. The van der Waals surface area contributed by atoms with Crippen LogP contribution >= 0.6 is 15.9 Å². The fourth-order valence-electron chi connectivity index (χ4n) is 3.78. The van der Waals surface area contributed by atoms with Gasteiger partial charge in [-0.3, -0.25) is 4.79 Å². The predicted octanol–water partition coefficient (Wildman–Crippen LogP) is 3.59. The first-order valence-corrected chi connectivity index (χ1v) is 8.88. The van der Waals surface area contributed by atoms with Crippen LogP contribution in [0, 0.1) is 5.41 Å². The SMILES string of the molecule is CC1(C)CCC2=C(C1=O)C(c1cccc(Br)c1)C1=C(COC1=O)N2. The van der Waals surface area contributed by atoms with Gasteiger partial charge in [0, 0.05) is 27.1 Å². The number of hydrogen-bond donors (Lipinski definition) is 1. The smallest absolute Gasteiger partial charge is 0.337 e. The van der Waals surface area contributed by atoms with Gasteiger partial charge in [-0.2, -0.15) is 0 Å². The van der Waals surface area contributed by atoms with E-state index < -0.39 is 5.41 Å². The fraction of sp³-hybridized carbons (Fsp3) is 0.368. The van der Waals surface area contributed by atoms with E-state index in [1.54, 1.807) is 0 Å². The number of rotatable bonds is 1. The Hall–Kier alpha value is -1.88. The molecule has 1 unspecified atom stereocenters. The summed E-state index contributed by atoms with van der Waals surface area (Å²) in [6, 6.07) is 7.82. The number of carbonyl (C=O) groups is 2. The third kappa shape index (κ3) is 2.25. The lowest BCUT2D eigenvalue weighted by molar-refractivity contribution is -0.136. The molecule has 4 nitrogen and oxygen atoms in total. The number of nitrogens with one attached hydrogen (secondary N) is 1. The van der Waals surface area contributed by atoms with E-state index in [-0.39, 0.29) is 24.3 Å². The van der Waals surface area contributed by atoms with E-state index in [0.29, 0.717) is 5.57 Å². The molecular formula is C19H18BrNO3. The molecule has 0 saturated carbocycles. The van der Waals surface area contributed by atoms with Crippen LogP contribution < -0.4 is 5.32 Å². The Morgan fingerprint density at radius 2 is 2.00 bits per heavy atom. The summed E-state index contributed by atoms with van der Waals surface area (Å²) in [5, 5.41) is 3.31. The van der Waals surface area contributed by atoms with Gasteiger partial charge in [-0.05, 0) is 30.5 Å². The summed E-state index contributed by atoms with van der Waals surface area (Å²) in [5.74, 6) is -0.562. The van der Waals surface area contributed by atoms with Crippen molar-refractivity contribution in [3.8, 4) is 0 Å². The Kier molecular flexibility index (Phi) is 3.46. The number of halogens is 1. The molecule has 0 spiro atoms. The second kappa shape index (κ2) is 5.31. The van der Waals surface area contributed by atoms with Crippen molar-refractivity contribution in [3.63, 3.8) is 0 Å². The maximum absolute atomic E-state index is 13.2. The van der Waals surface area contributed by atoms with Gasteiger partial charge < -0.3 is 10.1 Å². The van der Waals surface area contributed by atoms with E-state index in [0.717, 1.165) is 39.8 Å². The van der Waals surface area contributed by atoms with Crippen LogP contribution in [0.4, 0.5) is 0 Å². The maximum atomic E-state index is 13.2. The molecule has 1 aliphatic carbocycles. The number of hydrogen-bond acceptors (Lipinski definition) is 4. The van der Waals surface area contributed by atoms with E-state index in [2.05, 4.69) is 21.2 Å². The molecule has 24 heavy (non-hydrogen) atoms. The molecule has 0 aromatic heterocycles. The third-order valence-corrected chi connectivity index (χ3v) is 5.63. The van der Waals surface area contributed by atoms with E-state index in [9.17, 15) is 9.59 Å². The quantitative estimate of drug-likeness (QED) is 0.748. The van der Waals surface area contributed by atoms with Crippen LogP contribution in [0.2, 0.25) is 0 Å². The van der Waals surface area contributed by atoms with Crippen molar-refractivity contribution in [1.82, 2.24) is 5.32 Å². The third-order valence-electron chi connectivity index (χ3n) is 5.14. The first-order chi connectivity index (χ1) is 11.4. The lowest BCUT2D eigenvalue weighted by Crippen LogP contribution is -2.39. The van der Waals surface area contributed by atoms with Gasteiger partial charge in [0.25, 0.3) is 0 Å². The molecule has 0 radical (unpaired) electrons. The molecule has 0 amide bonds. The zero-order valence-electron chi connectivity index (χ0n) is 13.6. The monoisotopic (exact) mass is 387 g/mol. The van der Waals surface area contributed by atoms with Crippen LogP contribution in [-0.2, 0) is 14.3 Å². The van der Waals surface area contributed by atoms with Crippen molar-refractivity contribution in [2.24, 2.45) is 5.41 Å². The molecule has 124 valence electrons. The molecule has 0 bridgehead atoms. The Morgan fingerprint density at radius 1 is 1.21 bits per heavy atom. The van der Waals surface area contributed by atoms with E-state index in [1.807, 2.05) is 38.1 Å². The second-order valence-corrected chi connectivity index (χ2v) is 8.10. The van der Waals surface area contributed by atoms with Crippen molar-refractivity contribution in [2.45, 2.75) is 32.6 Å². The Labute approximate surface area is 149 Å². The average Bonchev–Trinajstić information content (AvgIpc) is 2.91. The molecule has 3 aliphatic rings. The molecular weight excluding hydrogens is 370 g/mol. The van der Waals surface area contributed by atoms with Crippen molar-refractivity contribution in [3.05, 3.63) is 56.8 Å².